The van der Waals surface area contributed by atoms with Crippen LogP contribution in [0.5, 0.6) is 0 Å². The molecule has 82 valence electrons. The summed E-state index contributed by atoms with van der Waals surface area (Å²) in [4.78, 5) is 0. The van der Waals surface area contributed by atoms with E-state index in [1.165, 1.54) is 18.2 Å². The Bertz CT molecular complexity index is 371. The molecule has 0 heterocycles. The first kappa shape index (κ1) is 11.6. The SMILES string of the molecule is CC/C(=N/O)c1ccccc1C(F)(F)F. The fraction of sp³-hybridized carbons (Fsp3) is 0.300. The number of hydrogen-bond donors (Lipinski definition) is 1. The van der Waals surface area contributed by atoms with Gasteiger partial charge in [0.1, 0.15) is 0 Å². The van der Waals surface area contributed by atoms with Gasteiger partial charge < -0.3 is 5.21 Å². The molecule has 1 N–H and O–H groups in total. The van der Waals surface area contributed by atoms with Gasteiger partial charge in [-0.3, -0.25) is 0 Å². The van der Waals surface area contributed by atoms with Crippen LogP contribution >= 0.6 is 0 Å². The molecular weight excluding hydrogens is 207 g/mol. The van der Waals surface area contributed by atoms with E-state index in [-0.39, 0.29) is 17.7 Å². The second-order valence-corrected chi connectivity index (χ2v) is 2.94. The van der Waals surface area contributed by atoms with Gasteiger partial charge in [0.15, 0.2) is 0 Å². The molecule has 0 amide bonds. The lowest BCUT2D eigenvalue weighted by atomic mass is 10.0. The Morgan fingerprint density at radius 2 is 1.93 bits per heavy atom. The molecule has 0 radical (unpaired) electrons. The van der Waals surface area contributed by atoms with E-state index in [1.54, 1.807) is 6.92 Å². The highest BCUT2D eigenvalue weighted by Crippen LogP contribution is 2.32. The molecule has 0 spiro atoms. The van der Waals surface area contributed by atoms with E-state index in [0.29, 0.717) is 0 Å². The molecule has 0 atom stereocenters. The summed E-state index contributed by atoms with van der Waals surface area (Å²) < 4.78 is 37.6. The Morgan fingerprint density at radius 1 is 1.33 bits per heavy atom. The minimum Gasteiger partial charge on any atom is -0.411 e. The van der Waals surface area contributed by atoms with Gasteiger partial charge in [-0.05, 0) is 12.5 Å². The highest BCUT2D eigenvalue weighted by Gasteiger charge is 2.33. The Morgan fingerprint density at radius 3 is 2.40 bits per heavy atom. The predicted molar refractivity (Wildman–Crippen MR) is 50.1 cm³/mol. The fourth-order valence-corrected chi connectivity index (χ4v) is 1.30. The fourth-order valence-electron chi connectivity index (χ4n) is 1.30. The van der Waals surface area contributed by atoms with E-state index in [0.717, 1.165) is 6.07 Å². The van der Waals surface area contributed by atoms with Gasteiger partial charge in [-0.25, -0.2) is 0 Å². The van der Waals surface area contributed by atoms with Crippen LogP contribution in [0.3, 0.4) is 0 Å². The first-order valence-electron chi connectivity index (χ1n) is 4.38. The van der Waals surface area contributed by atoms with Gasteiger partial charge in [-0.15, -0.1) is 0 Å². The van der Waals surface area contributed by atoms with Crippen molar-refractivity contribution in [1.82, 2.24) is 0 Å². The third-order valence-corrected chi connectivity index (χ3v) is 2.00. The van der Waals surface area contributed by atoms with Gasteiger partial charge in [-0.1, -0.05) is 30.3 Å². The Kier molecular flexibility index (Phi) is 3.34. The van der Waals surface area contributed by atoms with E-state index in [1.807, 2.05) is 0 Å². The molecule has 1 aromatic carbocycles. The number of halogens is 3. The number of rotatable bonds is 2. The summed E-state index contributed by atoms with van der Waals surface area (Å²) in [5.74, 6) is 0. The molecule has 0 aliphatic carbocycles. The van der Waals surface area contributed by atoms with Crippen molar-refractivity contribution in [1.29, 1.82) is 0 Å². The largest absolute Gasteiger partial charge is 0.417 e. The number of benzene rings is 1. The summed E-state index contributed by atoms with van der Waals surface area (Å²) in [7, 11) is 0. The highest BCUT2D eigenvalue weighted by atomic mass is 19.4. The molecule has 0 aliphatic rings. The summed E-state index contributed by atoms with van der Waals surface area (Å²) in [5, 5.41) is 11.5. The lowest BCUT2D eigenvalue weighted by Crippen LogP contribution is -2.13. The molecule has 1 rings (SSSR count). The molecule has 0 unspecified atom stereocenters. The lowest BCUT2D eigenvalue weighted by Gasteiger charge is -2.12. The van der Waals surface area contributed by atoms with Crippen LogP contribution in [0, 0.1) is 0 Å². The van der Waals surface area contributed by atoms with E-state index in [4.69, 9.17) is 5.21 Å². The Labute approximate surface area is 85.0 Å². The minimum absolute atomic E-state index is 0.0305. The summed E-state index contributed by atoms with van der Waals surface area (Å²) in [6.07, 6.45) is -4.19. The van der Waals surface area contributed by atoms with Crippen molar-refractivity contribution >= 4 is 5.71 Å². The average Bonchev–Trinajstić information content (AvgIpc) is 2.19. The van der Waals surface area contributed by atoms with Crippen molar-refractivity contribution in [3.8, 4) is 0 Å². The number of oxime groups is 1. The second-order valence-electron chi connectivity index (χ2n) is 2.94. The van der Waals surface area contributed by atoms with Crippen LogP contribution in [0.1, 0.15) is 24.5 Å². The van der Waals surface area contributed by atoms with Gasteiger partial charge in [-0.2, -0.15) is 13.2 Å². The van der Waals surface area contributed by atoms with Crippen molar-refractivity contribution in [3.63, 3.8) is 0 Å². The Hall–Kier alpha value is -1.52. The monoisotopic (exact) mass is 217 g/mol. The quantitative estimate of drug-likeness (QED) is 0.460. The molecule has 0 aliphatic heterocycles. The number of alkyl halides is 3. The summed E-state index contributed by atoms with van der Waals surface area (Å²) in [5.41, 5.74) is -0.822. The van der Waals surface area contributed by atoms with Gasteiger partial charge in [0.2, 0.25) is 0 Å². The van der Waals surface area contributed by atoms with Crippen LogP contribution in [0.15, 0.2) is 29.4 Å². The van der Waals surface area contributed by atoms with Crippen LogP contribution in [0.25, 0.3) is 0 Å². The Balaban J connectivity index is 3.30. The van der Waals surface area contributed by atoms with Gasteiger partial charge in [0.25, 0.3) is 0 Å². The second kappa shape index (κ2) is 4.33. The number of nitrogens with zero attached hydrogens (tertiary/aromatic N) is 1. The zero-order valence-corrected chi connectivity index (χ0v) is 8.04. The van der Waals surface area contributed by atoms with Crippen LogP contribution < -0.4 is 0 Å². The molecule has 2 nitrogen and oxygen atoms in total. The van der Waals surface area contributed by atoms with E-state index in [2.05, 4.69) is 5.16 Å². The summed E-state index contributed by atoms with van der Waals surface area (Å²) in [6, 6.07) is 5.04. The van der Waals surface area contributed by atoms with Gasteiger partial charge >= 0.3 is 6.18 Å². The molecule has 0 bridgehead atoms. The summed E-state index contributed by atoms with van der Waals surface area (Å²) >= 11 is 0. The molecule has 0 aromatic heterocycles. The zero-order valence-electron chi connectivity index (χ0n) is 8.04. The van der Waals surface area contributed by atoms with Crippen molar-refractivity contribution < 1.29 is 18.4 Å². The van der Waals surface area contributed by atoms with E-state index < -0.39 is 11.7 Å². The lowest BCUT2D eigenvalue weighted by molar-refractivity contribution is -0.137. The van der Waals surface area contributed by atoms with Crippen LogP contribution in [0.2, 0.25) is 0 Å². The van der Waals surface area contributed by atoms with Crippen molar-refractivity contribution in [2.75, 3.05) is 0 Å². The van der Waals surface area contributed by atoms with Gasteiger partial charge in [0, 0.05) is 5.56 Å². The van der Waals surface area contributed by atoms with Crippen LogP contribution in [-0.4, -0.2) is 10.9 Å². The maximum absolute atomic E-state index is 12.5. The average molecular weight is 217 g/mol. The first-order chi connectivity index (χ1) is 7.00. The normalized spacial score (nSPS) is 12.9. The van der Waals surface area contributed by atoms with Crippen molar-refractivity contribution in [3.05, 3.63) is 35.4 Å². The zero-order chi connectivity index (χ0) is 11.5. The molecule has 0 saturated heterocycles. The predicted octanol–water partition coefficient (Wildman–Crippen LogP) is 3.29. The van der Waals surface area contributed by atoms with Crippen molar-refractivity contribution in [2.45, 2.75) is 19.5 Å². The molecule has 0 fully saturated rings. The minimum atomic E-state index is -4.43. The molecule has 0 saturated carbocycles. The van der Waals surface area contributed by atoms with Gasteiger partial charge in [0.05, 0.1) is 11.3 Å². The van der Waals surface area contributed by atoms with E-state index >= 15 is 0 Å². The summed E-state index contributed by atoms with van der Waals surface area (Å²) in [6.45, 7) is 1.63. The molecule has 5 heteroatoms. The van der Waals surface area contributed by atoms with Crippen LogP contribution in [0.4, 0.5) is 13.2 Å². The van der Waals surface area contributed by atoms with Crippen molar-refractivity contribution in [2.24, 2.45) is 5.16 Å². The smallest absolute Gasteiger partial charge is 0.411 e. The third kappa shape index (κ3) is 2.49. The topological polar surface area (TPSA) is 32.6 Å². The third-order valence-electron chi connectivity index (χ3n) is 2.00. The maximum atomic E-state index is 12.5. The molecule has 15 heavy (non-hydrogen) atoms. The van der Waals surface area contributed by atoms with E-state index in [9.17, 15) is 13.2 Å². The number of hydrogen-bond acceptors (Lipinski definition) is 2. The maximum Gasteiger partial charge on any atom is 0.417 e. The molecular formula is C10H10F3NO. The highest BCUT2D eigenvalue weighted by molar-refractivity contribution is 6.01. The standard InChI is InChI=1S/C10H10F3NO/c1-2-9(14-15)7-5-3-4-6-8(7)10(11,12)13/h3-6,15H,2H2,1H3/b14-9-. The first-order valence-corrected chi connectivity index (χ1v) is 4.38. The molecule has 1 aromatic rings. The van der Waals surface area contributed by atoms with Crippen LogP contribution in [-0.2, 0) is 6.18 Å².